The summed E-state index contributed by atoms with van der Waals surface area (Å²) in [6.07, 6.45) is 1.41. The van der Waals surface area contributed by atoms with Gasteiger partial charge in [-0.2, -0.15) is 0 Å². The lowest BCUT2D eigenvalue weighted by Gasteiger charge is -2.16. The molecular weight excluding hydrogens is 276 g/mol. The van der Waals surface area contributed by atoms with Gasteiger partial charge in [0.2, 0.25) is 0 Å². The first kappa shape index (κ1) is 12.9. The van der Waals surface area contributed by atoms with Crippen molar-refractivity contribution in [1.29, 1.82) is 0 Å². The van der Waals surface area contributed by atoms with Crippen molar-refractivity contribution in [3.63, 3.8) is 0 Å². The second-order valence-electron chi connectivity index (χ2n) is 5.46. The molecule has 0 saturated heterocycles. The number of hydrogen-bond acceptors (Lipinski definition) is 7. The molecule has 3 heterocycles. The Hall–Kier alpha value is -2.13. The van der Waals surface area contributed by atoms with Gasteiger partial charge in [0, 0.05) is 5.41 Å². The van der Waals surface area contributed by atoms with Gasteiger partial charge in [-0.05, 0) is 0 Å². The standard InChI is InChI=1S/C11H14N8S/c1-11(2,3)6-10(20)19-9(17-16-6)5-7(15-12)13-4-14-8(5)18-19/h4H,12H2,1-3H3,(H2,13,14,15,18). The van der Waals surface area contributed by atoms with Crippen molar-refractivity contribution in [2.24, 2.45) is 5.84 Å². The van der Waals surface area contributed by atoms with Crippen LogP contribution in [0.4, 0.5) is 5.82 Å². The molecular formula is C11H14N8S. The Morgan fingerprint density at radius 2 is 2.05 bits per heavy atom. The minimum Gasteiger partial charge on any atom is -0.308 e. The van der Waals surface area contributed by atoms with E-state index in [4.69, 9.17) is 18.1 Å². The van der Waals surface area contributed by atoms with Crippen LogP contribution in [0, 0.1) is 4.64 Å². The number of rotatable bonds is 1. The number of nitrogens with two attached hydrogens (primary N) is 1. The molecule has 3 rings (SSSR count). The molecule has 0 fully saturated rings. The van der Waals surface area contributed by atoms with Gasteiger partial charge in [-0.25, -0.2) is 20.3 Å². The first-order valence-corrected chi connectivity index (χ1v) is 6.43. The highest BCUT2D eigenvalue weighted by Gasteiger charge is 2.21. The van der Waals surface area contributed by atoms with E-state index in [9.17, 15) is 0 Å². The van der Waals surface area contributed by atoms with Crippen LogP contribution in [0.2, 0.25) is 0 Å². The molecule has 9 heteroatoms. The summed E-state index contributed by atoms with van der Waals surface area (Å²) in [7, 11) is 0. The lowest BCUT2D eigenvalue weighted by Crippen LogP contribution is -2.17. The predicted molar refractivity (Wildman–Crippen MR) is 77.8 cm³/mol. The van der Waals surface area contributed by atoms with Crippen molar-refractivity contribution in [2.75, 3.05) is 5.43 Å². The molecule has 0 amide bonds. The van der Waals surface area contributed by atoms with Crippen LogP contribution in [0.1, 0.15) is 26.5 Å². The Morgan fingerprint density at radius 1 is 1.30 bits per heavy atom. The Labute approximate surface area is 119 Å². The number of nitrogen functional groups attached to an aromatic ring is 1. The lowest BCUT2D eigenvalue weighted by molar-refractivity contribution is 0.548. The summed E-state index contributed by atoms with van der Waals surface area (Å²) in [5.74, 6) is 5.94. The van der Waals surface area contributed by atoms with E-state index in [1.807, 2.05) is 20.8 Å². The third kappa shape index (κ3) is 1.74. The maximum absolute atomic E-state index is 5.49. The van der Waals surface area contributed by atoms with E-state index < -0.39 is 0 Å². The van der Waals surface area contributed by atoms with E-state index in [0.717, 1.165) is 5.69 Å². The average molecular weight is 290 g/mol. The molecule has 0 aliphatic heterocycles. The quantitative estimate of drug-likeness (QED) is 0.352. The average Bonchev–Trinajstić information content (AvgIpc) is 2.77. The molecule has 3 aromatic heterocycles. The maximum Gasteiger partial charge on any atom is 0.190 e. The van der Waals surface area contributed by atoms with Gasteiger partial charge < -0.3 is 5.43 Å². The Morgan fingerprint density at radius 3 is 2.70 bits per heavy atom. The first-order chi connectivity index (χ1) is 9.43. The fraction of sp³-hybridized carbons (Fsp3) is 0.364. The Kier molecular flexibility index (Phi) is 2.69. The van der Waals surface area contributed by atoms with Gasteiger partial charge in [0.15, 0.2) is 21.8 Å². The normalized spacial score (nSPS) is 12.2. The monoisotopic (exact) mass is 290 g/mol. The number of H-pyrrole nitrogens is 1. The summed E-state index contributed by atoms with van der Waals surface area (Å²) in [4.78, 5) is 8.23. The number of fused-ring (bicyclic) bond motifs is 3. The minimum atomic E-state index is -0.191. The number of aromatic nitrogens is 6. The topological polar surface area (TPSA) is 110 Å². The molecule has 104 valence electrons. The third-order valence-electron chi connectivity index (χ3n) is 3.00. The molecule has 0 bridgehead atoms. The van der Waals surface area contributed by atoms with Gasteiger partial charge in [-0.1, -0.05) is 33.0 Å². The zero-order valence-electron chi connectivity index (χ0n) is 11.3. The number of anilines is 1. The van der Waals surface area contributed by atoms with Gasteiger partial charge in [0.1, 0.15) is 17.4 Å². The van der Waals surface area contributed by atoms with Gasteiger partial charge in [-0.3, -0.25) is 5.10 Å². The molecule has 20 heavy (non-hydrogen) atoms. The van der Waals surface area contributed by atoms with Crippen molar-refractivity contribution in [3.8, 4) is 0 Å². The second kappa shape index (κ2) is 4.18. The van der Waals surface area contributed by atoms with Crippen molar-refractivity contribution in [3.05, 3.63) is 16.7 Å². The fourth-order valence-electron chi connectivity index (χ4n) is 2.02. The fourth-order valence-corrected chi connectivity index (χ4v) is 2.50. The Bertz CT molecular complexity index is 856. The van der Waals surface area contributed by atoms with Crippen molar-refractivity contribution < 1.29 is 0 Å². The van der Waals surface area contributed by atoms with Crippen LogP contribution in [0.25, 0.3) is 16.7 Å². The highest BCUT2D eigenvalue weighted by atomic mass is 32.1. The number of hydrogen-bond donors (Lipinski definition) is 3. The summed E-state index contributed by atoms with van der Waals surface area (Å²) < 4.78 is 2.26. The number of nitrogens with one attached hydrogen (secondary N) is 2. The second-order valence-corrected chi connectivity index (χ2v) is 5.85. The van der Waals surface area contributed by atoms with Crippen LogP contribution in [-0.2, 0) is 5.41 Å². The number of nitrogens with zero attached hydrogens (tertiary/aromatic N) is 5. The molecule has 0 aliphatic carbocycles. The zero-order valence-corrected chi connectivity index (χ0v) is 12.1. The highest BCUT2D eigenvalue weighted by Crippen LogP contribution is 2.25. The van der Waals surface area contributed by atoms with Crippen LogP contribution in [0.15, 0.2) is 6.33 Å². The summed E-state index contributed by atoms with van der Waals surface area (Å²) in [6, 6.07) is 0. The molecule has 0 unspecified atom stereocenters. The van der Waals surface area contributed by atoms with Crippen LogP contribution >= 0.6 is 12.2 Å². The zero-order chi connectivity index (χ0) is 14.5. The predicted octanol–water partition coefficient (Wildman–Crippen LogP) is 1.31. The van der Waals surface area contributed by atoms with Crippen LogP contribution in [0.3, 0.4) is 0 Å². The van der Waals surface area contributed by atoms with E-state index in [1.165, 1.54) is 6.33 Å². The number of aromatic amines is 1. The van der Waals surface area contributed by atoms with Crippen molar-refractivity contribution in [1.82, 2.24) is 29.8 Å². The van der Waals surface area contributed by atoms with E-state index in [2.05, 4.69) is 30.7 Å². The van der Waals surface area contributed by atoms with Gasteiger partial charge in [-0.15, -0.1) is 10.2 Å². The lowest BCUT2D eigenvalue weighted by atomic mass is 9.93. The first-order valence-electron chi connectivity index (χ1n) is 6.02. The van der Waals surface area contributed by atoms with Crippen LogP contribution in [0.5, 0.6) is 0 Å². The van der Waals surface area contributed by atoms with E-state index in [-0.39, 0.29) is 5.41 Å². The molecule has 8 nitrogen and oxygen atoms in total. The highest BCUT2D eigenvalue weighted by molar-refractivity contribution is 7.71. The van der Waals surface area contributed by atoms with Gasteiger partial charge >= 0.3 is 0 Å². The molecule has 0 atom stereocenters. The maximum atomic E-state index is 5.49. The third-order valence-corrected chi connectivity index (χ3v) is 3.37. The van der Waals surface area contributed by atoms with E-state index >= 15 is 0 Å². The molecule has 0 aliphatic rings. The smallest absolute Gasteiger partial charge is 0.190 e. The SMILES string of the molecule is CC(C)(C)c1nnc2c3c(NN)ncnc3[nH]n2c1=S. The van der Waals surface area contributed by atoms with Gasteiger partial charge in [0.05, 0.1) is 0 Å². The van der Waals surface area contributed by atoms with Crippen molar-refractivity contribution in [2.45, 2.75) is 26.2 Å². The summed E-state index contributed by atoms with van der Waals surface area (Å²) in [5.41, 5.74) is 4.22. The van der Waals surface area contributed by atoms with E-state index in [0.29, 0.717) is 27.1 Å². The van der Waals surface area contributed by atoms with E-state index in [1.54, 1.807) is 4.52 Å². The summed E-state index contributed by atoms with van der Waals surface area (Å²) >= 11 is 5.49. The summed E-state index contributed by atoms with van der Waals surface area (Å²) in [5, 5.41) is 12.3. The van der Waals surface area contributed by atoms with Crippen LogP contribution in [-0.4, -0.2) is 29.8 Å². The molecule has 0 radical (unpaired) electrons. The largest absolute Gasteiger partial charge is 0.308 e. The van der Waals surface area contributed by atoms with Crippen LogP contribution < -0.4 is 11.3 Å². The van der Waals surface area contributed by atoms with Crippen molar-refractivity contribution >= 4 is 34.7 Å². The molecule has 4 N–H and O–H groups in total. The molecule has 0 saturated carbocycles. The summed E-state index contributed by atoms with van der Waals surface area (Å²) in [6.45, 7) is 6.11. The Balaban J connectivity index is 2.47. The molecule has 3 aromatic rings. The number of hydrazine groups is 1. The van der Waals surface area contributed by atoms with Gasteiger partial charge in [0.25, 0.3) is 0 Å². The molecule has 0 aromatic carbocycles. The molecule has 0 spiro atoms. The minimum absolute atomic E-state index is 0.191.